The molecule has 1 aromatic heterocycles. The van der Waals surface area contributed by atoms with Gasteiger partial charge >= 0.3 is 0 Å². The zero-order chi connectivity index (χ0) is 10.9. The SMILES string of the molecule is CCCCCCCNCc1sccc1C.[Cl-]. The van der Waals surface area contributed by atoms with Crippen molar-refractivity contribution in [1.82, 2.24) is 5.32 Å². The summed E-state index contributed by atoms with van der Waals surface area (Å²) in [6, 6.07) is 2.20. The van der Waals surface area contributed by atoms with Crippen LogP contribution in [0.2, 0.25) is 0 Å². The van der Waals surface area contributed by atoms with Gasteiger partial charge in [-0.15, -0.1) is 11.3 Å². The average molecular weight is 261 g/mol. The van der Waals surface area contributed by atoms with Crippen LogP contribution in [0.4, 0.5) is 0 Å². The molecular formula is C13H23ClNS-. The number of halogens is 1. The van der Waals surface area contributed by atoms with Crippen LogP contribution in [-0.2, 0) is 6.54 Å². The van der Waals surface area contributed by atoms with Crippen LogP contribution in [0.3, 0.4) is 0 Å². The summed E-state index contributed by atoms with van der Waals surface area (Å²) < 4.78 is 0. The molecule has 0 unspecified atom stereocenters. The molecule has 1 N–H and O–H groups in total. The second-order valence-electron chi connectivity index (χ2n) is 4.12. The highest BCUT2D eigenvalue weighted by Crippen LogP contribution is 2.14. The predicted molar refractivity (Wildman–Crippen MR) is 69.5 cm³/mol. The van der Waals surface area contributed by atoms with Gasteiger partial charge in [-0.3, -0.25) is 0 Å². The van der Waals surface area contributed by atoms with E-state index in [4.69, 9.17) is 0 Å². The zero-order valence-corrected chi connectivity index (χ0v) is 12.0. The Morgan fingerprint density at radius 2 is 1.94 bits per heavy atom. The molecule has 16 heavy (non-hydrogen) atoms. The first-order valence-corrected chi connectivity index (χ1v) is 6.96. The first-order valence-electron chi connectivity index (χ1n) is 6.08. The maximum atomic E-state index is 3.52. The molecule has 94 valence electrons. The molecular weight excluding hydrogens is 238 g/mol. The van der Waals surface area contributed by atoms with Gasteiger partial charge in [-0.25, -0.2) is 0 Å². The van der Waals surface area contributed by atoms with E-state index < -0.39 is 0 Å². The summed E-state index contributed by atoms with van der Waals surface area (Å²) in [4.78, 5) is 1.49. The Kier molecular flexibility index (Phi) is 10.1. The summed E-state index contributed by atoms with van der Waals surface area (Å²) >= 11 is 1.86. The van der Waals surface area contributed by atoms with Gasteiger partial charge in [0.15, 0.2) is 0 Å². The number of rotatable bonds is 8. The van der Waals surface area contributed by atoms with E-state index in [0.29, 0.717) is 0 Å². The average Bonchev–Trinajstić information content (AvgIpc) is 2.63. The third-order valence-corrected chi connectivity index (χ3v) is 3.73. The fourth-order valence-electron chi connectivity index (χ4n) is 1.64. The van der Waals surface area contributed by atoms with E-state index >= 15 is 0 Å². The highest BCUT2D eigenvalue weighted by Gasteiger charge is 1.97. The molecule has 1 rings (SSSR count). The number of hydrogen-bond donors (Lipinski definition) is 1. The minimum Gasteiger partial charge on any atom is -1.00 e. The fourth-order valence-corrected chi connectivity index (χ4v) is 2.52. The van der Waals surface area contributed by atoms with Crippen LogP contribution in [0.1, 0.15) is 49.5 Å². The molecule has 0 bridgehead atoms. The van der Waals surface area contributed by atoms with Crippen LogP contribution in [-0.4, -0.2) is 6.54 Å². The van der Waals surface area contributed by atoms with E-state index in [9.17, 15) is 0 Å². The van der Waals surface area contributed by atoms with E-state index in [0.717, 1.165) is 6.54 Å². The van der Waals surface area contributed by atoms with Crippen LogP contribution in [0.25, 0.3) is 0 Å². The largest absolute Gasteiger partial charge is 1.00 e. The number of nitrogens with one attached hydrogen (secondary N) is 1. The normalized spacial score (nSPS) is 10.1. The van der Waals surface area contributed by atoms with Crippen molar-refractivity contribution in [2.45, 2.75) is 52.5 Å². The van der Waals surface area contributed by atoms with Crippen LogP contribution in [0, 0.1) is 6.92 Å². The molecule has 1 nitrogen and oxygen atoms in total. The quantitative estimate of drug-likeness (QED) is 0.691. The summed E-state index contributed by atoms with van der Waals surface area (Å²) in [7, 11) is 0. The molecule has 0 aliphatic rings. The number of unbranched alkanes of at least 4 members (excludes halogenated alkanes) is 4. The molecule has 0 amide bonds. The topological polar surface area (TPSA) is 12.0 Å². The van der Waals surface area contributed by atoms with Gasteiger partial charge in [0.2, 0.25) is 0 Å². The predicted octanol–water partition coefficient (Wildman–Crippen LogP) is 1.12. The third kappa shape index (κ3) is 6.51. The van der Waals surface area contributed by atoms with Gasteiger partial charge in [0.1, 0.15) is 0 Å². The molecule has 1 heterocycles. The van der Waals surface area contributed by atoms with Gasteiger partial charge in [-0.05, 0) is 36.9 Å². The van der Waals surface area contributed by atoms with Gasteiger partial charge in [0.05, 0.1) is 0 Å². The van der Waals surface area contributed by atoms with E-state index in [-0.39, 0.29) is 12.4 Å². The maximum Gasteiger partial charge on any atom is 0.0302 e. The van der Waals surface area contributed by atoms with Gasteiger partial charge in [0, 0.05) is 11.4 Å². The van der Waals surface area contributed by atoms with Crippen molar-refractivity contribution in [2.75, 3.05) is 6.54 Å². The van der Waals surface area contributed by atoms with Crippen molar-refractivity contribution in [2.24, 2.45) is 0 Å². The number of hydrogen-bond acceptors (Lipinski definition) is 2. The second-order valence-corrected chi connectivity index (χ2v) is 5.12. The Bertz CT molecular complexity index is 260. The summed E-state index contributed by atoms with van der Waals surface area (Å²) in [5.74, 6) is 0. The third-order valence-electron chi connectivity index (χ3n) is 2.71. The molecule has 1 aromatic rings. The minimum absolute atomic E-state index is 0. The highest BCUT2D eigenvalue weighted by atomic mass is 35.5. The van der Waals surface area contributed by atoms with Crippen molar-refractivity contribution in [3.8, 4) is 0 Å². The Morgan fingerprint density at radius 3 is 2.56 bits per heavy atom. The van der Waals surface area contributed by atoms with Crippen LogP contribution in [0.15, 0.2) is 11.4 Å². The smallest absolute Gasteiger partial charge is 0.0302 e. The van der Waals surface area contributed by atoms with E-state index in [1.807, 2.05) is 11.3 Å². The molecule has 0 aliphatic carbocycles. The first kappa shape index (κ1) is 16.0. The lowest BCUT2D eigenvalue weighted by molar-refractivity contribution is -0.00000326. The van der Waals surface area contributed by atoms with Gasteiger partial charge < -0.3 is 17.7 Å². The lowest BCUT2D eigenvalue weighted by atomic mass is 10.1. The lowest BCUT2D eigenvalue weighted by Gasteiger charge is -2.03. The highest BCUT2D eigenvalue weighted by molar-refractivity contribution is 7.10. The maximum absolute atomic E-state index is 3.52. The molecule has 0 fully saturated rings. The summed E-state index contributed by atoms with van der Waals surface area (Å²) in [5.41, 5.74) is 1.43. The minimum atomic E-state index is 0. The molecule has 0 radical (unpaired) electrons. The van der Waals surface area contributed by atoms with Crippen molar-refractivity contribution >= 4 is 11.3 Å². The van der Waals surface area contributed by atoms with Gasteiger partial charge in [0.25, 0.3) is 0 Å². The molecule has 0 aromatic carbocycles. The van der Waals surface area contributed by atoms with E-state index in [2.05, 4.69) is 30.6 Å². The number of thiophene rings is 1. The van der Waals surface area contributed by atoms with Crippen molar-refractivity contribution in [1.29, 1.82) is 0 Å². The molecule has 0 spiro atoms. The second kappa shape index (κ2) is 10.1. The van der Waals surface area contributed by atoms with E-state index in [1.165, 1.54) is 49.1 Å². The molecule has 3 heteroatoms. The summed E-state index contributed by atoms with van der Waals surface area (Å²) in [5, 5.41) is 5.69. The monoisotopic (exact) mass is 260 g/mol. The van der Waals surface area contributed by atoms with Crippen LogP contribution >= 0.6 is 11.3 Å². The molecule has 0 saturated heterocycles. The first-order chi connectivity index (χ1) is 7.34. The van der Waals surface area contributed by atoms with Crippen molar-refractivity contribution < 1.29 is 12.4 Å². The lowest BCUT2D eigenvalue weighted by Crippen LogP contribution is -3.00. The van der Waals surface area contributed by atoms with Gasteiger partial charge in [-0.2, -0.15) is 0 Å². The standard InChI is InChI=1S/C13H23NS.ClH/c1-3-4-5-6-7-9-14-11-13-12(2)8-10-15-13;/h8,10,14H,3-7,9,11H2,1-2H3;1H/p-1. The van der Waals surface area contributed by atoms with Gasteiger partial charge in [-0.1, -0.05) is 32.6 Å². The molecule has 0 saturated carbocycles. The fraction of sp³-hybridized carbons (Fsp3) is 0.692. The number of aryl methyl sites for hydroxylation is 1. The Balaban J connectivity index is 0.00000225. The Hall–Kier alpha value is -0.0500. The van der Waals surface area contributed by atoms with Crippen LogP contribution in [0.5, 0.6) is 0 Å². The molecule has 0 aliphatic heterocycles. The Labute approximate surface area is 110 Å². The van der Waals surface area contributed by atoms with Crippen molar-refractivity contribution in [3.63, 3.8) is 0 Å². The summed E-state index contributed by atoms with van der Waals surface area (Å²) in [6.07, 6.45) is 6.83. The molecule has 0 atom stereocenters. The van der Waals surface area contributed by atoms with Crippen molar-refractivity contribution in [3.05, 3.63) is 21.9 Å². The Morgan fingerprint density at radius 1 is 1.19 bits per heavy atom. The van der Waals surface area contributed by atoms with E-state index in [1.54, 1.807) is 0 Å². The van der Waals surface area contributed by atoms with Crippen LogP contribution < -0.4 is 17.7 Å². The zero-order valence-electron chi connectivity index (χ0n) is 10.4. The summed E-state index contributed by atoms with van der Waals surface area (Å²) in [6.45, 7) is 6.67.